The summed E-state index contributed by atoms with van der Waals surface area (Å²) in [6, 6.07) is 9.15. The number of para-hydroxylation sites is 1. The topological polar surface area (TPSA) is 84.7 Å². The van der Waals surface area contributed by atoms with Crippen molar-refractivity contribution in [1.82, 2.24) is 30.8 Å². The highest BCUT2D eigenvalue weighted by atomic mass is 35.5. The average molecular weight is 281 g/mol. The molecule has 0 bridgehead atoms. The maximum atomic E-state index is 11.4. The zero-order valence-corrected chi connectivity index (χ0v) is 10.8. The van der Waals surface area contributed by atoms with Crippen molar-refractivity contribution in [3.63, 3.8) is 0 Å². The molecule has 0 radical (unpaired) electrons. The number of nitrogens with zero attached hydrogens (tertiary/aromatic N) is 4. The summed E-state index contributed by atoms with van der Waals surface area (Å²) in [4.78, 5) is 11.4. The van der Waals surface area contributed by atoms with Crippen molar-refractivity contribution < 1.29 is 4.79 Å². The summed E-state index contributed by atoms with van der Waals surface area (Å²) in [5.74, 6) is 0.919. The molecule has 1 aromatic heterocycles. The van der Waals surface area contributed by atoms with Crippen LogP contribution in [0.4, 0.5) is 4.79 Å². The number of carbonyl (C=O) groups is 1. The lowest BCUT2D eigenvalue weighted by Gasteiger charge is -2.06. The van der Waals surface area contributed by atoms with Gasteiger partial charge in [-0.1, -0.05) is 18.2 Å². The number of urea groups is 1. The van der Waals surface area contributed by atoms with Crippen molar-refractivity contribution in [2.24, 2.45) is 0 Å². The number of carbonyl (C=O) groups excluding carboxylic acids is 1. The third-order valence-electron chi connectivity index (χ3n) is 2.32. The van der Waals surface area contributed by atoms with Crippen molar-refractivity contribution in [3.8, 4) is 5.69 Å². The largest absolute Gasteiger partial charge is 0.337 e. The van der Waals surface area contributed by atoms with Crippen LogP contribution in [0.25, 0.3) is 5.69 Å². The van der Waals surface area contributed by atoms with Gasteiger partial charge in [0, 0.05) is 12.4 Å². The van der Waals surface area contributed by atoms with E-state index in [1.165, 1.54) is 0 Å². The molecule has 2 rings (SSSR count). The van der Waals surface area contributed by atoms with Crippen molar-refractivity contribution in [2.45, 2.75) is 6.54 Å². The van der Waals surface area contributed by atoms with Gasteiger partial charge in [0.15, 0.2) is 5.82 Å². The molecular weight excluding hydrogens is 268 g/mol. The van der Waals surface area contributed by atoms with Crippen LogP contribution in [0.15, 0.2) is 30.3 Å². The summed E-state index contributed by atoms with van der Waals surface area (Å²) in [5, 5.41) is 16.6. The molecular formula is C11H13ClN6O. The molecule has 0 aliphatic heterocycles. The Hall–Kier alpha value is -2.15. The second-order valence-corrected chi connectivity index (χ2v) is 4.02. The van der Waals surface area contributed by atoms with E-state index in [2.05, 4.69) is 26.2 Å². The number of alkyl halides is 1. The van der Waals surface area contributed by atoms with Crippen molar-refractivity contribution in [1.29, 1.82) is 0 Å². The van der Waals surface area contributed by atoms with Gasteiger partial charge in [-0.2, -0.15) is 4.68 Å². The fraction of sp³-hybridized carbons (Fsp3) is 0.273. The first-order valence-electron chi connectivity index (χ1n) is 5.71. The standard InChI is InChI=1S/C11H13ClN6O/c12-6-7-13-11(19)14-8-10-15-16-17-18(10)9-4-2-1-3-5-9/h1-5H,6-8H2,(H2,13,14,19). The van der Waals surface area contributed by atoms with Crippen LogP contribution < -0.4 is 10.6 Å². The lowest BCUT2D eigenvalue weighted by atomic mass is 10.3. The number of amides is 2. The number of tetrazole rings is 1. The predicted octanol–water partition coefficient (Wildman–Crippen LogP) is 0.700. The smallest absolute Gasteiger partial charge is 0.315 e. The van der Waals surface area contributed by atoms with Gasteiger partial charge in [0.25, 0.3) is 0 Å². The highest BCUT2D eigenvalue weighted by Gasteiger charge is 2.08. The second-order valence-electron chi connectivity index (χ2n) is 3.64. The molecule has 0 saturated heterocycles. The number of nitrogens with one attached hydrogen (secondary N) is 2. The molecule has 100 valence electrons. The number of rotatable bonds is 5. The first kappa shape index (κ1) is 13.3. The molecule has 0 fully saturated rings. The Morgan fingerprint density at radius 2 is 2.05 bits per heavy atom. The quantitative estimate of drug-likeness (QED) is 0.790. The van der Waals surface area contributed by atoms with E-state index in [-0.39, 0.29) is 12.6 Å². The highest BCUT2D eigenvalue weighted by Crippen LogP contribution is 2.06. The molecule has 0 aliphatic rings. The van der Waals surface area contributed by atoms with Crippen LogP contribution in [0.3, 0.4) is 0 Å². The SMILES string of the molecule is O=C(NCCCl)NCc1nnnn1-c1ccccc1. The van der Waals surface area contributed by atoms with Gasteiger partial charge in [-0.05, 0) is 22.6 Å². The summed E-state index contributed by atoms with van der Waals surface area (Å²) in [7, 11) is 0. The number of benzene rings is 1. The van der Waals surface area contributed by atoms with E-state index in [0.717, 1.165) is 5.69 Å². The first-order chi connectivity index (χ1) is 9.31. The molecule has 19 heavy (non-hydrogen) atoms. The Balaban J connectivity index is 1.99. The fourth-order valence-electron chi connectivity index (χ4n) is 1.47. The van der Waals surface area contributed by atoms with E-state index in [4.69, 9.17) is 11.6 Å². The molecule has 8 heteroatoms. The van der Waals surface area contributed by atoms with Crippen molar-refractivity contribution in [3.05, 3.63) is 36.2 Å². The Bertz CT molecular complexity index is 529. The van der Waals surface area contributed by atoms with Crippen LogP contribution in [0.1, 0.15) is 5.82 Å². The summed E-state index contributed by atoms with van der Waals surface area (Å²) < 4.78 is 1.57. The molecule has 2 aromatic rings. The third kappa shape index (κ3) is 3.65. The van der Waals surface area contributed by atoms with Gasteiger partial charge in [0.1, 0.15) is 0 Å². The Kier molecular flexibility index (Phi) is 4.68. The van der Waals surface area contributed by atoms with Gasteiger partial charge in [0.2, 0.25) is 0 Å². The van der Waals surface area contributed by atoms with Crippen molar-refractivity contribution in [2.75, 3.05) is 12.4 Å². The first-order valence-corrected chi connectivity index (χ1v) is 6.25. The highest BCUT2D eigenvalue weighted by molar-refractivity contribution is 6.18. The molecule has 1 aromatic carbocycles. The van der Waals surface area contributed by atoms with Crippen LogP contribution in [-0.2, 0) is 6.54 Å². The molecule has 0 atom stereocenters. The van der Waals surface area contributed by atoms with Crippen LogP contribution in [0.5, 0.6) is 0 Å². The van der Waals surface area contributed by atoms with Gasteiger partial charge < -0.3 is 10.6 Å². The van der Waals surface area contributed by atoms with E-state index < -0.39 is 0 Å². The van der Waals surface area contributed by atoms with E-state index in [1.54, 1.807) is 4.68 Å². The molecule has 7 nitrogen and oxygen atoms in total. The second kappa shape index (κ2) is 6.69. The summed E-state index contributed by atoms with van der Waals surface area (Å²) in [6.07, 6.45) is 0. The average Bonchev–Trinajstić information content (AvgIpc) is 2.92. The lowest BCUT2D eigenvalue weighted by molar-refractivity contribution is 0.240. The van der Waals surface area contributed by atoms with Crippen LogP contribution in [0.2, 0.25) is 0 Å². The van der Waals surface area contributed by atoms with Crippen molar-refractivity contribution >= 4 is 17.6 Å². The van der Waals surface area contributed by atoms with Gasteiger partial charge in [-0.3, -0.25) is 0 Å². The molecule has 1 heterocycles. The number of halogens is 1. The van der Waals surface area contributed by atoms with E-state index >= 15 is 0 Å². The number of hydrogen-bond acceptors (Lipinski definition) is 4. The minimum absolute atomic E-state index is 0.232. The summed E-state index contributed by atoms with van der Waals surface area (Å²) in [6.45, 7) is 0.646. The molecule has 0 unspecified atom stereocenters. The number of hydrogen-bond donors (Lipinski definition) is 2. The van der Waals surface area contributed by atoms with E-state index in [1.807, 2.05) is 30.3 Å². The zero-order chi connectivity index (χ0) is 13.5. The lowest BCUT2D eigenvalue weighted by Crippen LogP contribution is -2.36. The maximum Gasteiger partial charge on any atom is 0.315 e. The normalized spacial score (nSPS) is 10.2. The zero-order valence-electron chi connectivity index (χ0n) is 10.1. The van der Waals surface area contributed by atoms with Gasteiger partial charge in [-0.15, -0.1) is 16.7 Å². The minimum Gasteiger partial charge on any atom is -0.337 e. The summed E-state index contributed by atoms with van der Waals surface area (Å²) >= 11 is 5.47. The van der Waals surface area contributed by atoms with Crippen LogP contribution in [0, 0.1) is 0 Å². The van der Waals surface area contributed by atoms with Gasteiger partial charge in [-0.25, -0.2) is 4.79 Å². The monoisotopic (exact) mass is 280 g/mol. The van der Waals surface area contributed by atoms with Crippen LogP contribution in [-0.4, -0.2) is 38.7 Å². The molecule has 2 N–H and O–H groups in total. The van der Waals surface area contributed by atoms with E-state index in [9.17, 15) is 4.79 Å². The Morgan fingerprint density at radius 3 is 2.79 bits per heavy atom. The fourth-order valence-corrected chi connectivity index (χ4v) is 1.56. The Morgan fingerprint density at radius 1 is 1.26 bits per heavy atom. The Labute approximate surface area is 114 Å². The minimum atomic E-state index is -0.303. The maximum absolute atomic E-state index is 11.4. The molecule has 0 spiro atoms. The third-order valence-corrected chi connectivity index (χ3v) is 2.51. The molecule has 0 aliphatic carbocycles. The van der Waals surface area contributed by atoms with Gasteiger partial charge >= 0.3 is 6.03 Å². The summed E-state index contributed by atoms with van der Waals surface area (Å²) in [5.41, 5.74) is 0.838. The van der Waals surface area contributed by atoms with Gasteiger partial charge in [0.05, 0.1) is 12.2 Å². The van der Waals surface area contributed by atoms with Crippen LogP contribution >= 0.6 is 11.6 Å². The van der Waals surface area contributed by atoms with E-state index in [0.29, 0.717) is 18.2 Å². The number of aromatic nitrogens is 4. The molecule has 0 saturated carbocycles. The molecule has 2 amide bonds. The predicted molar refractivity (Wildman–Crippen MR) is 70.1 cm³/mol.